The molecule has 0 N–H and O–H groups in total. The van der Waals surface area contributed by atoms with Gasteiger partial charge in [-0.3, -0.25) is 0 Å². The monoisotopic (exact) mass is 210 g/mol. The fourth-order valence-electron chi connectivity index (χ4n) is 4.53. The van der Waals surface area contributed by atoms with E-state index in [-0.39, 0.29) is 0 Å². The fraction of sp³-hybridized carbons (Fsp3) is 1.00. The lowest BCUT2D eigenvalue weighted by molar-refractivity contribution is 0.465. The van der Waals surface area contributed by atoms with Crippen LogP contribution < -0.4 is 0 Å². The third-order valence-corrected chi connectivity index (χ3v) is 12.1. The van der Waals surface area contributed by atoms with Crippen molar-refractivity contribution in [2.45, 2.75) is 70.1 Å². The maximum atomic E-state index is 2.48. The van der Waals surface area contributed by atoms with Gasteiger partial charge in [-0.2, -0.15) is 0 Å². The van der Waals surface area contributed by atoms with Gasteiger partial charge in [0, 0.05) is 0 Å². The van der Waals surface area contributed by atoms with Crippen LogP contribution in [0.5, 0.6) is 0 Å². The van der Waals surface area contributed by atoms with Crippen LogP contribution in [-0.4, -0.2) is 8.07 Å². The second-order valence-corrected chi connectivity index (χ2v) is 11.3. The highest BCUT2D eigenvalue weighted by atomic mass is 28.3. The predicted octanol–water partition coefficient (Wildman–Crippen LogP) is 4.69. The molecule has 0 aromatic rings. The van der Waals surface area contributed by atoms with Crippen LogP contribution in [0, 0.1) is 11.8 Å². The van der Waals surface area contributed by atoms with E-state index in [1.165, 1.54) is 11.5 Å². The van der Waals surface area contributed by atoms with Crippen molar-refractivity contribution in [3.8, 4) is 0 Å². The molecule has 0 aliphatic heterocycles. The van der Waals surface area contributed by atoms with Gasteiger partial charge in [0.15, 0.2) is 0 Å². The molecule has 0 saturated heterocycles. The Kier molecular flexibility index (Phi) is 3.06. The summed E-state index contributed by atoms with van der Waals surface area (Å²) in [6.45, 7) is 7.43. The second kappa shape index (κ2) is 4.00. The van der Waals surface area contributed by atoms with E-state index < -0.39 is 8.07 Å². The fourth-order valence-corrected chi connectivity index (χ4v) is 9.74. The molecule has 2 aliphatic carbocycles. The molecule has 0 spiro atoms. The van der Waals surface area contributed by atoms with E-state index in [2.05, 4.69) is 20.8 Å². The molecule has 2 aliphatic rings. The second-order valence-electron chi connectivity index (χ2n) is 5.70. The van der Waals surface area contributed by atoms with E-state index in [1.54, 1.807) is 43.8 Å². The maximum absolute atomic E-state index is 2.48. The van der Waals surface area contributed by atoms with Gasteiger partial charge in [0.05, 0.1) is 8.07 Å². The van der Waals surface area contributed by atoms with Crippen molar-refractivity contribution in [3.05, 3.63) is 0 Å². The molecule has 2 fully saturated rings. The van der Waals surface area contributed by atoms with Gasteiger partial charge in [-0.15, -0.1) is 0 Å². The Balaban J connectivity index is 2.12. The van der Waals surface area contributed by atoms with E-state index >= 15 is 0 Å². The average molecular weight is 210 g/mol. The Hall–Kier alpha value is 0.217. The summed E-state index contributed by atoms with van der Waals surface area (Å²) in [6.07, 6.45) is 6.40. The van der Waals surface area contributed by atoms with Crippen LogP contribution in [-0.2, 0) is 0 Å². The molecule has 2 rings (SSSR count). The number of rotatable bonds is 4. The van der Waals surface area contributed by atoms with E-state index in [4.69, 9.17) is 0 Å². The summed E-state index contributed by atoms with van der Waals surface area (Å²) in [5.74, 6) is 2.33. The standard InChI is InChI=1S/C13H26Si/c1-4-14(5-2,6-3)13-10-11-7-8-12(13)9-11/h11-13H,4-10H2,1-3H3/t11-,12+,13-/m1/s1. The molecule has 2 saturated carbocycles. The quantitative estimate of drug-likeness (QED) is 0.591. The van der Waals surface area contributed by atoms with Gasteiger partial charge in [-0.05, 0) is 30.2 Å². The van der Waals surface area contributed by atoms with E-state index in [0.717, 1.165) is 5.92 Å². The minimum Gasteiger partial charge on any atom is -0.0678 e. The first-order valence-electron chi connectivity index (χ1n) is 6.75. The highest BCUT2D eigenvalue weighted by molar-refractivity contribution is 6.81. The summed E-state index contributed by atoms with van der Waals surface area (Å²) < 4.78 is 0. The molecular weight excluding hydrogens is 184 g/mol. The van der Waals surface area contributed by atoms with Crippen molar-refractivity contribution in [2.24, 2.45) is 11.8 Å². The molecule has 0 radical (unpaired) electrons. The number of fused-ring (bicyclic) bond motifs is 2. The first-order chi connectivity index (χ1) is 6.75. The molecule has 0 nitrogen and oxygen atoms in total. The van der Waals surface area contributed by atoms with Gasteiger partial charge in [0.1, 0.15) is 0 Å². The highest BCUT2D eigenvalue weighted by Gasteiger charge is 2.48. The first-order valence-corrected chi connectivity index (χ1v) is 9.45. The van der Waals surface area contributed by atoms with Gasteiger partial charge < -0.3 is 0 Å². The van der Waals surface area contributed by atoms with Gasteiger partial charge in [0.25, 0.3) is 0 Å². The molecule has 3 atom stereocenters. The third-order valence-electron chi connectivity index (χ3n) is 5.64. The van der Waals surface area contributed by atoms with E-state index in [1.807, 2.05) is 0 Å². The van der Waals surface area contributed by atoms with Crippen LogP contribution in [0.15, 0.2) is 0 Å². The number of hydrogen-bond acceptors (Lipinski definition) is 0. The molecule has 0 aromatic carbocycles. The van der Waals surface area contributed by atoms with Crippen LogP contribution in [0.4, 0.5) is 0 Å². The molecule has 0 heterocycles. The predicted molar refractivity (Wildman–Crippen MR) is 66.4 cm³/mol. The average Bonchev–Trinajstić information content (AvgIpc) is 2.83. The Bertz CT molecular complexity index is 187. The summed E-state index contributed by atoms with van der Waals surface area (Å²) in [4.78, 5) is 0. The Labute approximate surface area is 90.5 Å². The SMILES string of the molecule is CC[Si](CC)(CC)[C@@H]1C[C@@H]2CC[C@H]1C2. The zero-order valence-electron chi connectivity index (χ0n) is 10.2. The minimum atomic E-state index is -0.838. The molecule has 0 unspecified atom stereocenters. The van der Waals surface area contributed by atoms with Crippen LogP contribution in [0.25, 0.3) is 0 Å². The van der Waals surface area contributed by atoms with Crippen LogP contribution in [0.3, 0.4) is 0 Å². The van der Waals surface area contributed by atoms with E-state index in [0.29, 0.717) is 0 Å². The smallest absolute Gasteiger partial charge is 0.0561 e. The first kappa shape index (κ1) is 10.7. The molecular formula is C13H26Si. The van der Waals surface area contributed by atoms with Crippen molar-refractivity contribution in [1.29, 1.82) is 0 Å². The van der Waals surface area contributed by atoms with Gasteiger partial charge >= 0.3 is 0 Å². The highest BCUT2D eigenvalue weighted by Crippen LogP contribution is 2.57. The summed E-state index contributed by atoms with van der Waals surface area (Å²) in [5.41, 5.74) is 1.22. The van der Waals surface area contributed by atoms with E-state index in [9.17, 15) is 0 Å². The normalized spacial score (nSPS) is 36.6. The zero-order chi connectivity index (χ0) is 10.2. The molecule has 82 valence electrons. The molecule has 2 bridgehead atoms. The summed E-state index contributed by atoms with van der Waals surface area (Å²) in [6, 6.07) is 4.65. The summed E-state index contributed by atoms with van der Waals surface area (Å²) in [5, 5.41) is 0. The minimum absolute atomic E-state index is 0.838. The molecule has 0 aromatic heterocycles. The zero-order valence-corrected chi connectivity index (χ0v) is 11.2. The Morgan fingerprint density at radius 3 is 1.93 bits per heavy atom. The molecule has 1 heteroatoms. The van der Waals surface area contributed by atoms with Gasteiger partial charge in [-0.1, -0.05) is 51.7 Å². The van der Waals surface area contributed by atoms with Crippen molar-refractivity contribution in [3.63, 3.8) is 0 Å². The van der Waals surface area contributed by atoms with Crippen molar-refractivity contribution in [2.75, 3.05) is 0 Å². The lowest BCUT2D eigenvalue weighted by atomic mass is 10.0. The lowest BCUT2D eigenvalue weighted by Crippen LogP contribution is -2.40. The van der Waals surface area contributed by atoms with Gasteiger partial charge in [-0.25, -0.2) is 0 Å². The van der Waals surface area contributed by atoms with Crippen molar-refractivity contribution in [1.82, 2.24) is 0 Å². The largest absolute Gasteiger partial charge is 0.0678 e. The van der Waals surface area contributed by atoms with Crippen LogP contribution >= 0.6 is 0 Å². The van der Waals surface area contributed by atoms with Crippen LogP contribution in [0.2, 0.25) is 23.7 Å². The topological polar surface area (TPSA) is 0 Å². The van der Waals surface area contributed by atoms with Crippen molar-refractivity contribution < 1.29 is 0 Å². The summed E-state index contributed by atoms with van der Waals surface area (Å²) in [7, 11) is -0.838. The molecule has 14 heavy (non-hydrogen) atoms. The molecule has 0 amide bonds. The maximum Gasteiger partial charge on any atom is 0.0561 e. The van der Waals surface area contributed by atoms with Crippen LogP contribution in [0.1, 0.15) is 46.5 Å². The lowest BCUT2D eigenvalue weighted by Gasteiger charge is -2.40. The number of hydrogen-bond donors (Lipinski definition) is 0. The van der Waals surface area contributed by atoms with Crippen molar-refractivity contribution >= 4 is 8.07 Å². The van der Waals surface area contributed by atoms with Gasteiger partial charge in [0.2, 0.25) is 0 Å². The third kappa shape index (κ3) is 1.48. The summed E-state index contributed by atoms with van der Waals surface area (Å²) >= 11 is 0. The Morgan fingerprint density at radius 1 is 0.929 bits per heavy atom. The Morgan fingerprint density at radius 2 is 1.57 bits per heavy atom.